The van der Waals surface area contributed by atoms with Gasteiger partial charge in [0.1, 0.15) is 0 Å². The third-order valence-electron chi connectivity index (χ3n) is 2.58. The number of amides is 1. The van der Waals surface area contributed by atoms with Crippen LogP contribution in [0.2, 0.25) is 0 Å². The van der Waals surface area contributed by atoms with Crippen LogP contribution in [0.4, 0.5) is 5.69 Å². The third kappa shape index (κ3) is 2.82. The fourth-order valence-corrected chi connectivity index (χ4v) is 1.61. The third-order valence-corrected chi connectivity index (χ3v) is 2.58. The van der Waals surface area contributed by atoms with Crippen molar-refractivity contribution in [3.63, 3.8) is 0 Å². The lowest BCUT2D eigenvalue weighted by Gasteiger charge is -2.17. The van der Waals surface area contributed by atoms with E-state index in [1.54, 1.807) is 18.0 Å². The van der Waals surface area contributed by atoms with Crippen LogP contribution in [0.15, 0.2) is 42.7 Å². The lowest BCUT2D eigenvalue weighted by Crippen LogP contribution is -2.26. The van der Waals surface area contributed by atoms with Gasteiger partial charge in [-0.2, -0.15) is 10.2 Å². The zero-order valence-electron chi connectivity index (χ0n) is 10.1. The molecule has 0 fully saturated rings. The molecule has 1 aromatic heterocycles. The number of nitrogens with two attached hydrogens (primary N) is 1. The van der Waals surface area contributed by atoms with E-state index in [0.29, 0.717) is 17.8 Å². The first kappa shape index (κ1) is 12.0. The lowest BCUT2D eigenvalue weighted by molar-refractivity contribution is 0.0784. The van der Waals surface area contributed by atoms with Crippen molar-refractivity contribution in [2.24, 2.45) is 0 Å². The van der Waals surface area contributed by atoms with Crippen LogP contribution in [0.3, 0.4) is 0 Å². The van der Waals surface area contributed by atoms with Crippen molar-refractivity contribution in [3.05, 3.63) is 53.9 Å². The van der Waals surface area contributed by atoms with E-state index in [1.807, 2.05) is 24.3 Å². The normalized spacial score (nSPS) is 10.1. The summed E-state index contributed by atoms with van der Waals surface area (Å²) in [6.45, 7) is 0.529. The van der Waals surface area contributed by atoms with E-state index in [-0.39, 0.29) is 5.91 Å². The van der Waals surface area contributed by atoms with Crippen LogP contribution >= 0.6 is 0 Å². The summed E-state index contributed by atoms with van der Waals surface area (Å²) in [5.74, 6) is -0.0817. The Hall–Kier alpha value is -2.43. The monoisotopic (exact) mass is 242 g/mol. The van der Waals surface area contributed by atoms with E-state index in [0.717, 1.165) is 5.56 Å². The van der Waals surface area contributed by atoms with Crippen LogP contribution in [0.1, 0.15) is 15.9 Å². The average molecular weight is 242 g/mol. The minimum atomic E-state index is -0.0817. The van der Waals surface area contributed by atoms with Gasteiger partial charge in [-0.05, 0) is 23.8 Å². The molecule has 0 spiro atoms. The number of carbonyl (C=O) groups excluding carboxylic acids is 1. The molecular formula is C13H14N4O. The molecule has 2 N–H and O–H groups in total. The Labute approximate surface area is 105 Å². The molecule has 0 unspecified atom stereocenters. The maximum Gasteiger partial charge on any atom is 0.255 e. The highest BCUT2D eigenvalue weighted by Crippen LogP contribution is 2.09. The topological polar surface area (TPSA) is 72.1 Å². The Kier molecular flexibility index (Phi) is 3.52. The molecule has 0 atom stereocenters. The molecule has 0 saturated carbocycles. The van der Waals surface area contributed by atoms with Crippen LogP contribution < -0.4 is 5.73 Å². The van der Waals surface area contributed by atoms with Crippen molar-refractivity contribution in [2.45, 2.75) is 6.54 Å². The quantitative estimate of drug-likeness (QED) is 0.824. The van der Waals surface area contributed by atoms with Gasteiger partial charge in [0.15, 0.2) is 0 Å². The summed E-state index contributed by atoms with van der Waals surface area (Å²) < 4.78 is 0. The Morgan fingerprint density at radius 1 is 1.22 bits per heavy atom. The highest BCUT2D eigenvalue weighted by molar-refractivity contribution is 5.93. The predicted octanol–water partition coefficient (Wildman–Crippen LogP) is 1.33. The molecular weight excluding hydrogens is 228 g/mol. The lowest BCUT2D eigenvalue weighted by atomic mass is 10.2. The van der Waals surface area contributed by atoms with Crippen molar-refractivity contribution in [2.75, 3.05) is 12.8 Å². The number of anilines is 1. The second-order valence-corrected chi connectivity index (χ2v) is 4.03. The van der Waals surface area contributed by atoms with Crippen molar-refractivity contribution in [3.8, 4) is 0 Å². The molecule has 0 aliphatic carbocycles. The Morgan fingerprint density at radius 3 is 2.56 bits per heavy atom. The smallest absolute Gasteiger partial charge is 0.255 e. The zero-order chi connectivity index (χ0) is 13.0. The number of nitrogen functional groups attached to an aromatic ring is 1. The van der Waals surface area contributed by atoms with E-state index in [9.17, 15) is 4.79 Å². The van der Waals surface area contributed by atoms with E-state index >= 15 is 0 Å². The predicted molar refractivity (Wildman–Crippen MR) is 68.7 cm³/mol. The first-order valence-electron chi connectivity index (χ1n) is 5.53. The Morgan fingerprint density at radius 2 is 1.94 bits per heavy atom. The minimum Gasteiger partial charge on any atom is -0.399 e. The molecule has 1 amide bonds. The largest absolute Gasteiger partial charge is 0.399 e. The van der Waals surface area contributed by atoms with Gasteiger partial charge in [-0.15, -0.1) is 0 Å². The highest BCUT2D eigenvalue weighted by Gasteiger charge is 2.11. The van der Waals surface area contributed by atoms with Gasteiger partial charge in [-0.3, -0.25) is 4.79 Å². The number of aromatic nitrogens is 2. The summed E-state index contributed by atoms with van der Waals surface area (Å²) in [5.41, 5.74) is 7.89. The maximum atomic E-state index is 12.0. The summed E-state index contributed by atoms with van der Waals surface area (Å²) in [5, 5.41) is 7.34. The summed E-state index contributed by atoms with van der Waals surface area (Å²) in [4.78, 5) is 13.7. The van der Waals surface area contributed by atoms with Gasteiger partial charge in [0.05, 0.1) is 18.0 Å². The SMILES string of the molecule is CN(Cc1ccc(N)cc1)C(=O)c1ccnnc1. The maximum absolute atomic E-state index is 12.0. The minimum absolute atomic E-state index is 0.0817. The first-order valence-corrected chi connectivity index (χ1v) is 5.53. The zero-order valence-corrected chi connectivity index (χ0v) is 10.1. The van der Waals surface area contributed by atoms with Crippen LogP contribution in [0, 0.1) is 0 Å². The fraction of sp³-hybridized carbons (Fsp3) is 0.154. The molecule has 0 radical (unpaired) electrons. The van der Waals surface area contributed by atoms with Gasteiger partial charge in [0.25, 0.3) is 5.91 Å². The number of benzene rings is 1. The van der Waals surface area contributed by atoms with Crippen molar-refractivity contribution < 1.29 is 4.79 Å². The first-order chi connectivity index (χ1) is 8.66. The van der Waals surface area contributed by atoms with Crippen LogP contribution in [0.5, 0.6) is 0 Å². The molecule has 1 heterocycles. The molecule has 0 bridgehead atoms. The van der Waals surface area contributed by atoms with Gasteiger partial charge in [-0.1, -0.05) is 12.1 Å². The van der Waals surface area contributed by atoms with Gasteiger partial charge in [0, 0.05) is 19.3 Å². The summed E-state index contributed by atoms with van der Waals surface area (Å²) in [6, 6.07) is 9.10. The summed E-state index contributed by atoms with van der Waals surface area (Å²) >= 11 is 0. The standard InChI is InChI=1S/C13H14N4O/c1-17(9-10-2-4-12(14)5-3-10)13(18)11-6-7-15-16-8-11/h2-8H,9,14H2,1H3. The van der Waals surface area contributed by atoms with Crippen LogP contribution in [0.25, 0.3) is 0 Å². The second kappa shape index (κ2) is 5.27. The van der Waals surface area contributed by atoms with Gasteiger partial charge in [-0.25, -0.2) is 0 Å². The molecule has 2 rings (SSSR count). The molecule has 1 aromatic carbocycles. The molecule has 92 valence electrons. The number of nitrogens with zero attached hydrogens (tertiary/aromatic N) is 3. The number of hydrogen-bond donors (Lipinski definition) is 1. The van der Waals surface area contributed by atoms with Gasteiger partial charge >= 0.3 is 0 Å². The fourth-order valence-electron chi connectivity index (χ4n) is 1.61. The van der Waals surface area contributed by atoms with Crippen molar-refractivity contribution in [1.29, 1.82) is 0 Å². The van der Waals surface area contributed by atoms with Crippen LogP contribution in [-0.4, -0.2) is 28.1 Å². The average Bonchev–Trinajstić information content (AvgIpc) is 2.41. The molecule has 2 aromatic rings. The number of rotatable bonds is 3. The molecule has 0 saturated heterocycles. The molecule has 0 aliphatic heterocycles. The van der Waals surface area contributed by atoms with Crippen LogP contribution in [-0.2, 0) is 6.54 Å². The van der Waals surface area contributed by atoms with E-state index in [4.69, 9.17) is 5.73 Å². The van der Waals surface area contributed by atoms with Gasteiger partial charge < -0.3 is 10.6 Å². The molecule has 0 aliphatic rings. The van der Waals surface area contributed by atoms with E-state index in [2.05, 4.69) is 10.2 Å². The molecule has 5 nitrogen and oxygen atoms in total. The summed E-state index contributed by atoms with van der Waals surface area (Å²) in [6.07, 6.45) is 2.96. The van der Waals surface area contributed by atoms with E-state index in [1.165, 1.54) is 12.4 Å². The van der Waals surface area contributed by atoms with Gasteiger partial charge in [0.2, 0.25) is 0 Å². The van der Waals surface area contributed by atoms with Crippen molar-refractivity contribution >= 4 is 11.6 Å². The second-order valence-electron chi connectivity index (χ2n) is 4.03. The molecule has 5 heteroatoms. The van der Waals surface area contributed by atoms with E-state index < -0.39 is 0 Å². The highest BCUT2D eigenvalue weighted by atomic mass is 16.2. The summed E-state index contributed by atoms with van der Waals surface area (Å²) in [7, 11) is 1.75. The number of carbonyl (C=O) groups is 1. The Bertz CT molecular complexity index is 524. The Balaban J connectivity index is 2.06. The molecule has 18 heavy (non-hydrogen) atoms. The van der Waals surface area contributed by atoms with Crippen molar-refractivity contribution in [1.82, 2.24) is 15.1 Å². The number of hydrogen-bond acceptors (Lipinski definition) is 4.